The van der Waals surface area contributed by atoms with E-state index in [9.17, 15) is 9.59 Å². The summed E-state index contributed by atoms with van der Waals surface area (Å²) in [5.41, 5.74) is 5.02. The summed E-state index contributed by atoms with van der Waals surface area (Å²) in [5.74, 6) is -0.524. The Hall–Kier alpha value is -1.60. The smallest absolute Gasteiger partial charge is 0.354 e. The summed E-state index contributed by atoms with van der Waals surface area (Å²) >= 11 is 0. The number of carbonyl (C=O) groups excluding carboxylic acids is 2. The number of methoxy groups -OCH3 is 1. The highest BCUT2D eigenvalue weighted by atomic mass is 16.5. The van der Waals surface area contributed by atoms with Gasteiger partial charge in [-0.3, -0.25) is 0 Å². The quantitative estimate of drug-likeness (QED) is 0.426. The lowest BCUT2D eigenvalue weighted by Crippen LogP contribution is -2.35. The molecule has 2 N–H and O–H groups in total. The molecule has 1 fully saturated rings. The molecule has 1 heterocycles. The minimum absolute atomic E-state index is 0.319. The van der Waals surface area contributed by atoms with Crippen LogP contribution < -0.4 is 11.1 Å². The van der Waals surface area contributed by atoms with Crippen LogP contribution in [0.3, 0.4) is 0 Å². The van der Waals surface area contributed by atoms with E-state index in [1.807, 2.05) is 0 Å². The van der Waals surface area contributed by atoms with Crippen LogP contribution in [0.4, 0.5) is 4.79 Å². The molecule has 72 valence electrons. The van der Waals surface area contributed by atoms with Crippen molar-refractivity contribution in [2.75, 3.05) is 14.2 Å². The standard InChI is InChI=1S/C6H10N4O3/c1-9-6(12)10(8-7-9)4-3-5(11)13-2/h3-4,7-8H,1-2H3/b4-3+. The molecule has 0 unspecified atom stereocenters. The van der Waals surface area contributed by atoms with Crippen molar-refractivity contribution in [3.8, 4) is 0 Å². The van der Waals surface area contributed by atoms with Crippen molar-refractivity contribution in [2.45, 2.75) is 0 Å². The number of nitrogens with one attached hydrogen (secondary N) is 2. The molecule has 0 aromatic carbocycles. The molecule has 0 aromatic heterocycles. The third-order valence-electron chi connectivity index (χ3n) is 1.39. The highest BCUT2D eigenvalue weighted by Crippen LogP contribution is 1.96. The van der Waals surface area contributed by atoms with E-state index in [0.717, 1.165) is 11.1 Å². The van der Waals surface area contributed by atoms with Gasteiger partial charge in [0.1, 0.15) is 0 Å². The van der Waals surface area contributed by atoms with Crippen LogP contribution in [0.2, 0.25) is 0 Å². The van der Waals surface area contributed by atoms with Gasteiger partial charge < -0.3 is 4.74 Å². The number of esters is 1. The fourth-order valence-electron chi connectivity index (χ4n) is 0.691. The van der Waals surface area contributed by atoms with E-state index < -0.39 is 5.97 Å². The zero-order valence-electron chi connectivity index (χ0n) is 7.27. The lowest BCUT2D eigenvalue weighted by molar-refractivity contribution is -0.134. The van der Waals surface area contributed by atoms with Crippen LogP contribution in [-0.2, 0) is 9.53 Å². The van der Waals surface area contributed by atoms with Crippen LogP contribution in [0, 0.1) is 0 Å². The van der Waals surface area contributed by atoms with E-state index in [-0.39, 0.29) is 6.03 Å². The van der Waals surface area contributed by atoms with Crippen LogP contribution in [-0.4, -0.2) is 36.2 Å². The molecule has 0 radical (unpaired) electrons. The van der Waals surface area contributed by atoms with E-state index in [4.69, 9.17) is 0 Å². The SMILES string of the molecule is COC(=O)/C=C/N1NNN(C)C1=O. The van der Waals surface area contributed by atoms with E-state index in [2.05, 4.69) is 15.8 Å². The van der Waals surface area contributed by atoms with E-state index >= 15 is 0 Å². The first-order valence-electron chi connectivity index (χ1n) is 3.49. The molecule has 2 amide bonds. The average molecular weight is 186 g/mol. The summed E-state index contributed by atoms with van der Waals surface area (Å²) in [5, 5.41) is 2.33. The number of hydrogen-bond acceptors (Lipinski definition) is 5. The Morgan fingerprint density at radius 1 is 1.54 bits per heavy atom. The first kappa shape index (κ1) is 9.49. The highest BCUT2D eigenvalue weighted by molar-refractivity contribution is 5.83. The molecule has 0 atom stereocenters. The van der Waals surface area contributed by atoms with Gasteiger partial charge in [-0.15, -0.1) is 11.1 Å². The van der Waals surface area contributed by atoms with E-state index in [0.29, 0.717) is 0 Å². The summed E-state index contributed by atoms with van der Waals surface area (Å²) < 4.78 is 4.35. The molecule has 1 aliphatic rings. The third kappa shape index (κ3) is 2.17. The van der Waals surface area contributed by atoms with Crippen molar-refractivity contribution < 1.29 is 14.3 Å². The topological polar surface area (TPSA) is 73.9 Å². The van der Waals surface area contributed by atoms with Gasteiger partial charge in [0.25, 0.3) is 0 Å². The van der Waals surface area contributed by atoms with Gasteiger partial charge in [0.2, 0.25) is 0 Å². The Morgan fingerprint density at radius 3 is 2.69 bits per heavy atom. The lowest BCUT2D eigenvalue weighted by Gasteiger charge is -2.05. The second-order valence-electron chi connectivity index (χ2n) is 2.27. The summed E-state index contributed by atoms with van der Waals surface area (Å²) in [7, 11) is 2.80. The van der Waals surface area contributed by atoms with Gasteiger partial charge >= 0.3 is 12.0 Å². The third-order valence-corrected chi connectivity index (χ3v) is 1.39. The highest BCUT2D eigenvalue weighted by Gasteiger charge is 2.22. The van der Waals surface area contributed by atoms with Crippen LogP contribution in [0.15, 0.2) is 12.3 Å². The maximum Gasteiger partial charge on any atom is 0.354 e. The fraction of sp³-hybridized carbons (Fsp3) is 0.333. The van der Waals surface area contributed by atoms with E-state index in [1.54, 1.807) is 7.05 Å². The van der Waals surface area contributed by atoms with E-state index in [1.165, 1.54) is 18.3 Å². The summed E-state index contributed by atoms with van der Waals surface area (Å²) in [6.45, 7) is 0. The molecule has 0 spiro atoms. The van der Waals surface area contributed by atoms with Crippen molar-refractivity contribution in [1.29, 1.82) is 0 Å². The van der Waals surface area contributed by atoms with Crippen LogP contribution in [0.5, 0.6) is 0 Å². The van der Waals surface area contributed by atoms with Gasteiger partial charge in [-0.2, -0.15) is 0 Å². The monoisotopic (exact) mass is 186 g/mol. The molecule has 1 saturated heterocycles. The number of nitrogens with zero attached hydrogens (tertiary/aromatic N) is 2. The van der Waals surface area contributed by atoms with Crippen LogP contribution in [0.25, 0.3) is 0 Å². The Morgan fingerprint density at radius 2 is 2.23 bits per heavy atom. The summed E-state index contributed by atoms with van der Waals surface area (Å²) in [6, 6.07) is -0.319. The Bertz CT molecular complexity index is 252. The minimum atomic E-state index is -0.524. The second-order valence-corrected chi connectivity index (χ2v) is 2.27. The van der Waals surface area contributed by atoms with Gasteiger partial charge in [0.15, 0.2) is 0 Å². The lowest BCUT2D eigenvalue weighted by atomic mass is 10.6. The van der Waals surface area contributed by atoms with Crippen molar-refractivity contribution in [2.24, 2.45) is 0 Å². The number of hydrazine groups is 3. The number of hydrogen-bond donors (Lipinski definition) is 2. The molecule has 1 rings (SSSR count). The average Bonchev–Trinajstić information content (AvgIpc) is 2.44. The van der Waals surface area contributed by atoms with Gasteiger partial charge in [0, 0.05) is 19.3 Å². The Balaban J connectivity index is 2.51. The normalized spacial score (nSPS) is 17.2. The zero-order valence-corrected chi connectivity index (χ0v) is 7.27. The van der Waals surface area contributed by atoms with Gasteiger partial charge in [-0.1, -0.05) is 0 Å². The fourth-order valence-corrected chi connectivity index (χ4v) is 0.691. The molecule has 0 saturated carbocycles. The molecule has 7 nitrogen and oxygen atoms in total. The van der Waals surface area contributed by atoms with Crippen molar-refractivity contribution in [1.82, 2.24) is 21.1 Å². The molecular weight excluding hydrogens is 176 g/mol. The Labute approximate surface area is 74.8 Å². The second kappa shape index (κ2) is 3.87. The molecule has 7 heteroatoms. The first-order chi connectivity index (χ1) is 6.15. The molecule has 0 aliphatic carbocycles. The van der Waals surface area contributed by atoms with Gasteiger partial charge in [-0.05, 0) is 0 Å². The zero-order chi connectivity index (χ0) is 9.84. The molecular formula is C6H10N4O3. The largest absolute Gasteiger partial charge is 0.466 e. The van der Waals surface area contributed by atoms with Crippen molar-refractivity contribution in [3.05, 3.63) is 12.3 Å². The van der Waals surface area contributed by atoms with Gasteiger partial charge in [-0.25, -0.2) is 19.6 Å². The van der Waals surface area contributed by atoms with Crippen molar-refractivity contribution >= 4 is 12.0 Å². The predicted octanol–water partition coefficient (Wildman–Crippen LogP) is -1.04. The number of amides is 2. The predicted molar refractivity (Wildman–Crippen MR) is 42.4 cm³/mol. The first-order valence-corrected chi connectivity index (χ1v) is 3.49. The number of carbonyl (C=O) groups is 2. The number of rotatable bonds is 2. The summed E-state index contributed by atoms with van der Waals surface area (Å²) in [6.07, 6.45) is 2.40. The van der Waals surface area contributed by atoms with Crippen LogP contribution >= 0.6 is 0 Å². The maximum absolute atomic E-state index is 11.1. The maximum atomic E-state index is 11.1. The minimum Gasteiger partial charge on any atom is -0.466 e. The molecule has 13 heavy (non-hydrogen) atoms. The molecule has 1 aliphatic heterocycles. The molecule has 0 bridgehead atoms. The van der Waals surface area contributed by atoms with Crippen LogP contribution in [0.1, 0.15) is 0 Å². The Kier molecular flexibility index (Phi) is 2.83. The van der Waals surface area contributed by atoms with Gasteiger partial charge in [0.05, 0.1) is 7.11 Å². The van der Waals surface area contributed by atoms with Crippen molar-refractivity contribution in [3.63, 3.8) is 0 Å². The number of ether oxygens (including phenoxy) is 1. The summed E-state index contributed by atoms with van der Waals surface area (Å²) in [4.78, 5) is 21.8. The number of urea groups is 1. The molecule has 0 aromatic rings.